The van der Waals surface area contributed by atoms with E-state index in [4.69, 9.17) is 11.6 Å². The third-order valence-corrected chi connectivity index (χ3v) is 2.76. The van der Waals surface area contributed by atoms with Crippen molar-refractivity contribution in [2.75, 3.05) is 7.05 Å². The van der Waals surface area contributed by atoms with Crippen molar-refractivity contribution >= 4 is 11.6 Å². The van der Waals surface area contributed by atoms with Crippen LogP contribution < -0.4 is 5.32 Å². The molecule has 0 bridgehead atoms. The average Bonchev–Trinajstić information content (AvgIpc) is 2.72. The van der Waals surface area contributed by atoms with Crippen molar-refractivity contribution < 1.29 is 4.39 Å². The Morgan fingerprint density at radius 1 is 1.47 bits per heavy atom. The van der Waals surface area contributed by atoms with Crippen LogP contribution in [0, 0.1) is 5.82 Å². The summed E-state index contributed by atoms with van der Waals surface area (Å²) in [6.45, 7) is 1.33. The molecular weight excluding hydrogens is 241 g/mol. The molecule has 0 atom stereocenters. The molecule has 17 heavy (non-hydrogen) atoms. The number of aromatic nitrogens is 2. The number of benzene rings is 1. The third kappa shape index (κ3) is 2.84. The van der Waals surface area contributed by atoms with Crippen molar-refractivity contribution in [1.29, 1.82) is 0 Å². The van der Waals surface area contributed by atoms with Crippen molar-refractivity contribution in [3.05, 3.63) is 52.8 Å². The molecule has 0 aliphatic rings. The van der Waals surface area contributed by atoms with Gasteiger partial charge in [0.25, 0.3) is 0 Å². The lowest BCUT2D eigenvalue weighted by molar-refractivity contribution is 0.625. The Kier molecular flexibility index (Phi) is 3.76. The molecule has 1 aromatic carbocycles. The highest BCUT2D eigenvalue weighted by atomic mass is 35.5. The molecule has 0 saturated carbocycles. The van der Waals surface area contributed by atoms with Crippen LogP contribution in [0.15, 0.2) is 30.6 Å². The maximum atomic E-state index is 13.0. The zero-order valence-electron chi connectivity index (χ0n) is 9.45. The van der Waals surface area contributed by atoms with Crippen LogP contribution in [0.5, 0.6) is 0 Å². The highest BCUT2D eigenvalue weighted by molar-refractivity contribution is 6.30. The predicted molar refractivity (Wildman–Crippen MR) is 65.5 cm³/mol. The normalized spacial score (nSPS) is 10.8. The standard InChI is InChI=1S/C12H13ClFN3/c1-15-7-12-16-4-5-17(12)8-9-2-3-11(14)10(13)6-9/h2-6,15H,7-8H2,1H3. The van der Waals surface area contributed by atoms with Gasteiger partial charge in [-0.05, 0) is 24.7 Å². The second-order valence-corrected chi connectivity index (χ2v) is 4.16. The lowest BCUT2D eigenvalue weighted by Gasteiger charge is -2.08. The fraction of sp³-hybridized carbons (Fsp3) is 0.250. The fourth-order valence-corrected chi connectivity index (χ4v) is 1.85. The number of rotatable bonds is 4. The van der Waals surface area contributed by atoms with E-state index in [9.17, 15) is 4.39 Å². The number of nitrogens with zero attached hydrogens (tertiary/aromatic N) is 2. The van der Waals surface area contributed by atoms with Crippen molar-refractivity contribution in [3.63, 3.8) is 0 Å². The van der Waals surface area contributed by atoms with Crippen LogP contribution in [0.2, 0.25) is 5.02 Å². The molecule has 0 saturated heterocycles. The molecule has 0 fully saturated rings. The van der Waals surface area contributed by atoms with Crippen LogP contribution in [-0.4, -0.2) is 16.6 Å². The molecule has 1 heterocycles. The van der Waals surface area contributed by atoms with E-state index in [-0.39, 0.29) is 5.02 Å². The molecule has 0 spiro atoms. The summed E-state index contributed by atoms with van der Waals surface area (Å²) in [5, 5.41) is 3.20. The molecule has 1 aromatic heterocycles. The van der Waals surface area contributed by atoms with Crippen LogP contribution in [0.25, 0.3) is 0 Å². The van der Waals surface area contributed by atoms with Crippen LogP contribution in [0.4, 0.5) is 4.39 Å². The molecule has 2 aromatic rings. The molecule has 0 unspecified atom stereocenters. The number of halogens is 2. The van der Waals surface area contributed by atoms with Gasteiger partial charge < -0.3 is 9.88 Å². The highest BCUT2D eigenvalue weighted by Crippen LogP contribution is 2.17. The summed E-state index contributed by atoms with van der Waals surface area (Å²) in [7, 11) is 1.87. The number of hydrogen-bond donors (Lipinski definition) is 1. The lowest BCUT2D eigenvalue weighted by Crippen LogP contribution is -2.12. The summed E-state index contributed by atoms with van der Waals surface area (Å²) in [5.41, 5.74) is 0.951. The SMILES string of the molecule is CNCc1nccn1Cc1ccc(F)c(Cl)c1. The predicted octanol–water partition coefficient (Wildman–Crippen LogP) is 2.44. The van der Waals surface area contributed by atoms with Crippen LogP contribution in [0.3, 0.4) is 0 Å². The molecule has 90 valence electrons. The first kappa shape index (κ1) is 12.1. The van der Waals surface area contributed by atoms with Gasteiger partial charge >= 0.3 is 0 Å². The molecular formula is C12H13ClFN3. The van der Waals surface area contributed by atoms with Gasteiger partial charge in [0.1, 0.15) is 11.6 Å². The molecule has 0 aliphatic carbocycles. The monoisotopic (exact) mass is 253 g/mol. The van der Waals surface area contributed by atoms with Crippen molar-refractivity contribution in [2.24, 2.45) is 0 Å². The Balaban J connectivity index is 2.19. The van der Waals surface area contributed by atoms with Gasteiger partial charge in [0.15, 0.2) is 0 Å². The number of imidazole rings is 1. The van der Waals surface area contributed by atoms with Crippen LogP contribution >= 0.6 is 11.6 Å². The van der Waals surface area contributed by atoms with Gasteiger partial charge in [-0.1, -0.05) is 17.7 Å². The maximum absolute atomic E-state index is 13.0. The maximum Gasteiger partial charge on any atom is 0.141 e. The third-order valence-electron chi connectivity index (χ3n) is 2.47. The minimum absolute atomic E-state index is 0.151. The average molecular weight is 254 g/mol. The van der Waals surface area contributed by atoms with E-state index in [0.717, 1.165) is 11.4 Å². The molecule has 5 heteroatoms. The Labute approximate surface area is 104 Å². The van der Waals surface area contributed by atoms with Crippen LogP contribution in [0.1, 0.15) is 11.4 Å². The molecule has 1 N–H and O–H groups in total. The Bertz CT molecular complexity index is 510. The summed E-state index contributed by atoms with van der Waals surface area (Å²) >= 11 is 5.74. The summed E-state index contributed by atoms with van der Waals surface area (Å²) in [6.07, 6.45) is 3.64. The van der Waals surface area contributed by atoms with E-state index in [2.05, 4.69) is 10.3 Å². The van der Waals surface area contributed by atoms with Gasteiger partial charge in [0.2, 0.25) is 0 Å². The van der Waals surface area contributed by atoms with Gasteiger partial charge in [-0.2, -0.15) is 0 Å². The van der Waals surface area contributed by atoms with E-state index in [1.54, 1.807) is 18.3 Å². The zero-order valence-corrected chi connectivity index (χ0v) is 10.2. The summed E-state index contributed by atoms with van der Waals surface area (Å²) in [5.74, 6) is 0.546. The summed E-state index contributed by atoms with van der Waals surface area (Å²) < 4.78 is 15.0. The quantitative estimate of drug-likeness (QED) is 0.907. The van der Waals surface area contributed by atoms with Gasteiger partial charge in [-0.15, -0.1) is 0 Å². The van der Waals surface area contributed by atoms with Crippen LogP contribution in [-0.2, 0) is 13.1 Å². The zero-order chi connectivity index (χ0) is 12.3. The molecule has 0 radical (unpaired) electrons. The van der Waals surface area contributed by atoms with Crippen molar-refractivity contribution in [2.45, 2.75) is 13.1 Å². The minimum Gasteiger partial charge on any atom is -0.329 e. The first-order valence-electron chi connectivity index (χ1n) is 5.29. The molecule has 0 aliphatic heterocycles. The molecule has 0 amide bonds. The van der Waals surface area contributed by atoms with Gasteiger partial charge in [-0.25, -0.2) is 9.37 Å². The van der Waals surface area contributed by atoms with Gasteiger partial charge in [0.05, 0.1) is 11.6 Å². The van der Waals surface area contributed by atoms with E-state index in [1.165, 1.54) is 6.07 Å². The van der Waals surface area contributed by atoms with E-state index >= 15 is 0 Å². The first-order chi connectivity index (χ1) is 8.20. The fourth-order valence-electron chi connectivity index (χ4n) is 1.64. The Hall–Kier alpha value is -1.39. The van der Waals surface area contributed by atoms with Crippen molar-refractivity contribution in [1.82, 2.24) is 14.9 Å². The minimum atomic E-state index is -0.392. The van der Waals surface area contributed by atoms with Crippen molar-refractivity contribution in [3.8, 4) is 0 Å². The second kappa shape index (κ2) is 5.29. The van der Waals surface area contributed by atoms with Gasteiger partial charge in [-0.3, -0.25) is 0 Å². The van der Waals surface area contributed by atoms with E-state index < -0.39 is 5.82 Å². The number of nitrogens with one attached hydrogen (secondary N) is 1. The van der Waals surface area contributed by atoms with Gasteiger partial charge in [0, 0.05) is 18.9 Å². The van der Waals surface area contributed by atoms with E-state index in [0.29, 0.717) is 13.1 Å². The molecule has 2 rings (SSSR count). The highest BCUT2D eigenvalue weighted by Gasteiger charge is 2.05. The first-order valence-corrected chi connectivity index (χ1v) is 5.67. The van der Waals surface area contributed by atoms with E-state index in [1.807, 2.05) is 17.8 Å². The topological polar surface area (TPSA) is 29.9 Å². The lowest BCUT2D eigenvalue weighted by atomic mass is 10.2. The smallest absolute Gasteiger partial charge is 0.141 e. The Morgan fingerprint density at radius 3 is 3.00 bits per heavy atom. The largest absolute Gasteiger partial charge is 0.329 e. The molecule has 3 nitrogen and oxygen atoms in total. The Morgan fingerprint density at radius 2 is 2.29 bits per heavy atom. The second-order valence-electron chi connectivity index (χ2n) is 3.75. The summed E-state index contributed by atoms with van der Waals surface area (Å²) in [4.78, 5) is 4.24. The summed E-state index contributed by atoms with van der Waals surface area (Å²) in [6, 6.07) is 4.75. The number of hydrogen-bond acceptors (Lipinski definition) is 2.